The van der Waals surface area contributed by atoms with Crippen LogP contribution in [0.25, 0.3) is 0 Å². The van der Waals surface area contributed by atoms with Crippen LogP contribution in [0.3, 0.4) is 0 Å². The molecule has 0 aliphatic carbocycles. The fourth-order valence-corrected chi connectivity index (χ4v) is 2.14. The Kier molecular flexibility index (Phi) is 5.33. The molecular formula is C10H20N2OS. The average molecular weight is 216 g/mol. The fourth-order valence-electron chi connectivity index (χ4n) is 1.77. The molecule has 0 spiro atoms. The molecule has 1 aliphatic rings. The zero-order valence-electron chi connectivity index (χ0n) is 9.08. The van der Waals surface area contributed by atoms with Crippen LogP contribution < -0.4 is 5.32 Å². The molecule has 4 heteroatoms. The number of hydrogen-bond acceptors (Lipinski definition) is 3. The second-order valence-corrected chi connectivity index (χ2v) is 4.67. The van der Waals surface area contributed by atoms with Gasteiger partial charge in [0.2, 0.25) is 5.91 Å². The monoisotopic (exact) mass is 216 g/mol. The molecule has 0 unspecified atom stereocenters. The van der Waals surface area contributed by atoms with Gasteiger partial charge in [0, 0.05) is 31.3 Å². The van der Waals surface area contributed by atoms with Crippen LogP contribution in [0.15, 0.2) is 0 Å². The number of hydrogen-bond donors (Lipinski definition) is 1. The smallest absolute Gasteiger partial charge is 0.223 e. The van der Waals surface area contributed by atoms with Crippen molar-refractivity contribution >= 4 is 17.7 Å². The number of nitrogens with zero attached hydrogens (tertiary/aromatic N) is 1. The molecule has 0 radical (unpaired) electrons. The van der Waals surface area contributed by atoms with E-state index in [-0.39, 0.29) is 0 Å². The lowest BCUT2D eigenvalue weighted by atomic mass is 10.1. The number of piperidine rings is 1. The van der Waals surface area contributed by atoms with Gasteiger partial charge in [-0.25, -0.2) is 0 Å². The summed E-state index contributed by atoms with van der Waals surface area (Å²) in [4.78, 5) is 13.6. The van der Waals surface area contributed by atoms with E-state index in [1.807, 2.05) is 18.2 Å². The normalized spacial score (nSPS) is 18.6. The molecule has 1 aliphatic heterocycles. The predicted molar refractivity (Wildman–Crippen MR) is 61.7 cm³/mol. The highest BCUT2D eigenvalue weighted by molar-refractivity contribution is 7.98. The number of carbonyl (C=O) groups excluding carboxylic acids is 1. The van der Waals surface area contributed by atoms with E-state index in [9.17, 15) is 4.79 Å². The van der Waals surface area contributed by atoms with Crippen LogP contribution in [0, 0.1) is 0 Å². The molecule has 1 N–H and O–H groups in total. The maximum Gasteiger partial charge on any atom is 0.223 e. The third kappa shape index (κ3) is 3.50. The first kappa shape index (κ1) is 11.9. The lowest BCUT2D eigenvalue weighted by Gasteiger charge is -2.31. The minimum Gasteiger partial charge on any atom is -0.343 e. The first-order chi connectivity index (χ1) is 6.77. The summed E-state index contributed by atoms with van der Waals surface area (Å²) < 4.78 is 0. The topological polar surface area (TPSA) is 32.3 Å². The number of thioether (sulfide) groups is 1. The van der Waals surface area contributed by atoms with Gasteiger partial charge in [0.15, 0.2) is 0 Å². The SMILES string of the molecule is CNC1CCN(C(=O)CCSC)CC1. The van der Waals surface area contributed by atoms with Crippen LogP contribution in [0.2, 0.25) is 0 Å². The minimum absolute atomic E-state index is 0.328. The van der Waals surface area contributed by atoms with E-state index >= 15 is 0 Å². The average Bonchev–Trinajstić information content (AvgIpc) is 2.26. The third-order valence-electron chi connectivity index (χ3n) is 2.78. The molecule has 1 rings (SSSR count). The maximum absolute atomic E-state index is 11.6. The van der Waals surface area contributed by atoms with Gasteiger partial charge in [-0.15, -0.1) is 0 Å². The van der Waals surface area contributed by atoms with Crippen molar-refractivity contribution in [2.24, 2.45) is 0 Å². The van der Waals surface area contributed by atoms with Gasteiger partial charge < -0.3 is 10.2 Å². The molecule has 0 atom stereocenters. The Morgan fingerprint density at radius 1 is 1.50 bits per heavy atom. The number of likely N-dealkylation sites (tertiary alicyclic amines) is 1. The number of nitrogens with one attached hydrogen (secondary N) is 1. The number of rotatable bonds is 4. The molecule has 1 amide bonds. The molecule has 0 saturated carbocycles. The van der Waals surface area contributed by atoms with E-state index < -0.39 is 0 Å². The first-order valence-electron chi connectivity index (χ1n) is 5.22. The summed E-state index contributed by atoms with van der Waals surface area (Å²) in [6.45, 7) is 1.86. The first-order valence-corrected chi connectivity index (χ1v) is 6.61. The molecule has 3 nitrogen and oxygen atoms in total. The van der Waals surface area contributed by atoms with Gasteiger partial charge in [0.05, 0.1) is 0 Å². The Labute approximate surface area is 90.6 Å². The Morgan fingerprint density at radius 3 is 2.64 bits per heavy atom. The second kappa shape index (κ2) is 6.30. The summed E-state index contributed by atoms with van der Waals surface area (Å²) in [5.74, 6) is 1.28. The van der Waals surface area contributed by atoms with Crippen LogP contribution >= 0.6 is 11.8 Å². The van der Waals surface area contributed by atoms with Crippen molar-refractivity contribution in [1.29, 1.82) is 0 Å². The van der Waals surface area contributed by atoms with Crippen molar-refractivity contribution in [3.8, 4) is 0 Å². The van der Waals surface area contributed by atoms with Gasteiger partial charge >= 0.3 is 0 Å². The van der Waals surface area contributed by atoms with Gasteiger partial charge in [-0.2, -0.15) is 11.8 Å². The zero-order chi connectivity index (χ0) is 10.4. The Morgan fingerprint density at radius 2 is 2.14 bits per heavy atom. The Bertz CT molecular complexity index is 179. The van der Waals surface area contributed by atoms with Gasteiger partial charge in [-0.1, -0.05) is 0 Å². The Balaban J connectivity index is 2.23. The highest BCUT2D eigenvalue weighted by atomic mass is 32.2. The zero-order valence-corrected chi connectivity index (χ0v) is 9.90. The quantitative estimate of drug-likeness (QED) is 0.759. The molecule has 0 aromatic carbocycles. The van der Waals surface area contributed by atoms with E-state index in [4.69, 9.17) is 0 Å². The predicted octanol–water partition coefficient (Wildman–Crippen LogP) is 0.950. The largest absolute Gasteiger partial charge is 0.343 e. The molecular weight excluding hydrogens is 196 g/mol. The minimum atomic E-state index is 0.328. The standard InChI is InChI=1S/C10H20N2OS/c1-11-9-3-6-12(7-4-9)10(13)5-8-14-2/h9,11H,3-8H2,1-2H3. The van der Waals surface area contributed by atoms with Crippen molar-refractivity contribution in [2.45, 2.75) is 25.3 Å². The molecule has 14 heavy (non-hydrogen) atoms. The highest BCUT2D eigenvalue weighted by Gasteiger charge is 2.20. The molecule has 1 saturated heterocycles. The van der Waals surface area contributed by atoms with E-state index in [1.54, 1.807) is 11.8 Å². The van der Waals surface area contributed by atoms with Crippen molar-refractivity contribution in [3.05, 3.63) is 0 Å². The lowest BCUT2D eigenvalue weighted by molar-refractivity contribution is -0.131. The lowest BCUT2D eigenvalue weighted by Crippen LogP contribution is -2.44. The number of amides is 1. The van der Waals surface area contributed by atoms with Crippen molar-refractivity contribution in [2.75, 3.05) is 32.1 Å². The summed E-state index contributed by atoms with van der Waals surface area (Å²) in [6, 6.07) is 0.611. The van der Waals surface area contributed by atoms with E-state index in [2.05, 4.69) is 5.32 Å². The molecule has 0 bridgehead atoms. The summed E-state index contributed by atoms with van der Waals surface area (Å²) in [5.41, 5.74) is 0. The summed E-state index contributed by atoms with van der Waals surface area (Å²) in [5, 5.41) is 3.26. The van der Waals surface area contributed by atoms with Gasteiger partial charge in [-0.3, -0.25) is 4.79 Å². The Hall–Kier alpha value is -0.220. The van der Waals surface area contributed by atoms with Gasteiger partial charge in [0.25, 0.3) is 0 Å². The van der Waals surface area contributed by atoms with Gasteiger partial charge in [-0.05, 0) is 26.1 Å². The van der Waals surface area contributed by atoms with Crippen LogP contribution in [0.1, 0.15) is 19.3 Å². The van der Waals surface area contributed by atoms with Crippen LogP contribution in [0.5, 0.6) is 0 Å². The summed E-state index contributed by atoms with van der Waals surface area (Å²) >= 11 is 1.74. The second-order valence-electron chi connectivity index (χ2n) is 3.69. The maximum atomic E-state index is 11.6. The molecule has 82 valence electrons. The summed E-state index contributed by atoms with van der Waals surface area (Å²) in [7, 11) is 2.00. The third-order valence-corrected chi connectivity index (χ3v) is 3.39. The number of carbonyl (C=O) groups is 1. The molecule has 1 heterocycles. The van der Waals surface area contributed by atoms with E-state index in [0.29, 0.717) is 18.4 Å². The van der Waals surface area contributed by atoms with Crippen molar-refractivity contribution < 1.29 is 4.79 Å². The highest BCUT2D eigenvalue weighted by Crippen LogP contribution is 2.11. The summed E-state index contributed by atoms with van der Waals surface area (Å²) in [6.07, 6.45) is 4.94. The fraction of sp³-hybridized carbons (Fsp3) is 0.900. The van der Waals surface area contributed by atoms with Crippen LogP contribution in [-0.4, -0.2) is 49.0 Å². The molecule has 0 aromatic heterocycles. The van der Waals surface area contributed by atoms with Crippen LogP contribution in [-0.2, 0) is 4.79 Å². The van der Waals surface area contributed by atoms with E-state index in [0.717, 1.165) is 31.7 Å². The van der Waals surface area contributed by atoms with Crippen molar-refractivity contribution in [1.82, 2.24) is 10.2 Å². The van der Waals surface area contributed by atoms with E-state index in [1.165, 1.54) is 0 Å². The molecule has 0 aromatic rings. The molecule has 1 fully saturated rings. The van der Waals surface area contributed by atoms with Gasteiger partial charge in [0.1, 0.15) is 0 Å². The van der Waals surface area contributed by atoms with Crippen molar-refractivity contribution in [3.63, 3.8) is 0 Å². The van der Waals surface area contributed by atoms with Crippen LogP contribution in [0.4, 0.5) is 0 Å².